The average Bonchev–Trinajstić information content (AvgIpc) is 2.69. The largest absolute Gasteiger partial charge is 0.301 e. The highest BCUT2D eigenvalue weighted by atomic mass is 32.2. The smallest absolute Gasteiger partial charge is 0.299 e. The first-order valence-corrected chi connectivity index (χ1v) is 11.0. The summed E-state index contributed by atoms with van der Waals surface area (Å²) in [6.07, 6.45) is 4.32. The number of carbonyl (C=O) groups excluding carboxylic acids is 1. The molecule has 0 saturated heterocycles. The van der Waals surface area contributed by atoms with Gasteiger partial charge >= 0.3 is 10.2 Å². The van der Waals surface area contributed by atoms with Gasteiger partial charge in [-0.05, 0) is 30.5 Å². The lowest BCUT2D eigenvalue weighted by Crippen LogP contribution is -2.50. The van der Waals surface area contributed by atoms with E-state index in [2.05, 4.69) is 16.9 Å². The van der Waals surface area contributed by atoms with Crippen LogP contribution in [0.3, 0.4) is 0 Å². The summed E-state index contributed by atoms with van der Waals surface area (Å²) in [5.41, 5.74) is 2.49. The van der Waals surface area contributed by atoms with Gasteiger partial charge in [0.1, 0.15) is 5.78 Å². The fourth-order valence-electron chi connectivity index (χ4n) is 4.26. The number of anilines is 1. The monoisotopic (exact) mass is 396 g/mol. The van der Waals surface area contributed by atoms with Gasteiger partial charge in [-0.25, -0.2) is 0 Å². The Labute approximate surface area is 166 Å². The van der Waals surface area contributed by atoms with Crippen molar-refractivity contribution >= 4 is 21.7 Å². The number of nitrogens with one attached hydrogen (secondary N) is 1. The van der Waals surface area contributed by atoms with Crippen LogP contribution in [0.25, 0.3) is 0 Å². The van der Waals surface area contributed by atoms with Gasteiger partial charge < -0.3 is 0 Å². The summed E-state index contributed by atoms with van der Waals surface area (Å²) >= 11 is 0. The zero-order valence-corrected chi connectivity index (χ0v) is 16.5. The summed E-state index contributed by atoms with van der Waals surface area (Å²) in [7, 11) is -3.68. The van der Waals surface area contributed by atoms with Gasteiger partial charge in [0, 0.05) is 37.0 Å². The fourth-order valence-corrected chi connectivity index (χ4v) is 5.51. The molecule has 146 valence electrons. The minimum atomic E-state index is -3.68. The molecule has 2 aromatic carbocycles. The van der Waals surface area contributed by atoms with E-state index in [0.29, 0.717) is 38.0 Å². The Morgan fingerprint density at radius 1 is 1.00 bits per heavy atom. The van der Waals surface area contributed by atoms with Gasteiger partial charge in [0.15, 0.2) is 0 Å². The molecule has 1 saturated carbocycles. The number of hydrogen-bond donors (Lipinski definition) is 1. The van der Waals surface area contributed by atoms with E-state index in [1.807, 2.05) is 30.3 Å². The molecule has 1 atom stereocenters. The summed E-state index contributed by atoms with van der Waals surface area (Å²) in [5, 5.41) is 0. The van der Waals surface area contributed by atoms with Crippen molar-refractivity contribution in [1.29, 1.82) is 0 Å². The lowest BCUT2D eigenvalue weighted by molar-refractivity contribution is -0.120. The lowest BCUT2D eigenvalue weighted by Gasteiger charge is -2.45. The van der Waals surface area contributed by atoms with E-state index >= 15 is 0 Å². The van der Waals surface area contributed by atoms with Crippen molar-refractivity contribution < 1.29 is 13.2 Å². The molecule has 1 aliphatic carbocycles. The van der Waals surface area contributed by atoms with Crippen LogP contribution in [0.2, 0.25) is 0 Å². The number of nitrogens with zero attached hydrogens (tertiary/aromatic N) is 1. The Morgan fingerprint density at radius 3 is 2.39 bits per heavy atom. The second-order valence-electron chi connectivity index (χ2n) is 7.65. The summed E-state index contributed by atoms with van der Waals surface area (Å²) in [5.74, 6) is 0.244. The lowest BCUT2D eigenvalue weighted by atomic mass is 9.65. The second-order valence-corrected chi connectivity index (χ2v) is 9.32. The van der Waals surface area contributed by atoms with E-state index in [4.69, 9.17) is 0 Å². The van der Waals surface area contributed by atoms with Crippen LogP contribution in [-0.2, 0) is 21.4 Å². The van der Waals surface area contributed by atoms with Gasteiger partial charge in [-0.1, -0.05) is 60.2 Å². The third-order valence-corrected chi connectivity index (χ3v) is 7.17. The predicted octanol–water partition coefficient (Wildman–Crippen LogP) is 3.57. The molecule has 1 aliphatic heterocycles. The third-order valence-electron chi connectivity index (χ3n) is 5.72. The number of rotatable bonds is 5. The summed E-state index contributed by atoms with van der Waals surface area (Å²) in [6, 6.07) is 19.0. The van der Waals surface area contributed by atoms with Crippen LogP contribution in [0.15, 0.2) is 72.3 Å². The van der Waals surface area contributed by atoms with E-state index in [0.717, 1.165) is 17.6 Å². The molecular weight excluding hydrogens is 372 g/mol. The van der Waals surface area contributed by atoms with Crippen LogP contribution in [-0.4, -0.2) is 31.6 Å². The molecule has 0 aromatic heterocycles. The molecule has 0 amide bonds. The maximum atomic E-state index is 13.0. The van der Waals surface area contributed by atoms with E-state index in [9.17, 15) is 13.2 Å². The van der Waals surface area contributed by atoms with Crippen LogP contribution in [0.4, 0.5) is 5.69 Å². The first kappa shape index (κ1) is 18.9. The van der Waals surface area contributed by atoms with Crippen LogP contribution in [0.5, 0.6) is 0 Å². The Kier molecular flexibility index (Phi) is 5.08. The number of fused-ring (bicyclic) bond motifs is 1. The van der Waals surface area contributed by atoms with Crippen molar-refractivity contribution in [3.05, 3.63) is 77.9 Å². The van der Waals surface area contributed by atoms with Crippen molar-refractivity contribution in [3.8, 4) is 0 Å². The first-order valence-electron chi connectivity index (χ1n) is 9.55. The molecule has 2 aromatic rings. The van der Waals surface area contributed by atoms with Gasteiger partial charge in [0.05, 0.1) is 0 Å². The van der Waals surface area contributed by atoms with E-state index in [1.165, 1.54) is 4.31 Å². The molecule has 1 heterocycles. The molecule has 5 nitrogen and oxygen atoms in total. The Hall–Kier alpha value is -2.44. The molecule has 0 radical (unpaired) electrons. The Morgan fingerprint density at radius 2 is 1.68 bits per heavy atom. The quantitative estimate of drug-likeness (QED) is 0.786. The van der Waals surface area contributed by atoms with Crippen LogP contribution >= 0.6 is 0 Å². The normalized spacial score (nSPS) is 23.0. The minimum absolute atomic E-state index is 0.244. The molecule has 1 unspecified atom stereocenters. The highest BCUT2D eigenvalue weighted by Crippen LogP contribution is 2.45. The van der Waals surface area contributed by atoms with Crippen molar-refractivity contribution in [2.24, 2.45) is 5.41 Å². The van der Waals surface area contributed by atoms with Crippen LogP contribution in [0, 0.1) is 5.41 Å². The highest BCUT2D eigenvalue weighted by molar-refractivity contribution is 7.90. The second kappa shape index (κ2) is 7.53. The van der Waals surface area contributed by atoms with E-state index in [-0.39, 0.29) is 11.2 Å². The summed E-state index contributed by atoms with van der Waals surface area (Å²) in [6.45, 7) is 0.685. The molecule has 6 heteroatoms. The SMILES string of the molecule is O=C1CCC2(Cc3ccccc3)CN(S(=O)(=O)Nc3ccccc3)CC=C2C1. The predicted molar refractivity (Wildman–Crippen MR) is 110 cm³/mol. The molecule has 1 N–H and O–H groups in total. The van der Waals surface area contributed by atoms with E-state index < -0.39 is 10.2 Å². The first-order chi connectivity index (χ1) is 13.5. The Balaban J connectivity index is 1.63. The van der Waals surface area contributed by atoms with Gasteiger partial charge in [-0.15, -0.1) is 0 Å². The maximum Gasteiger partial charge on any atom is 0.301 e. The molecule has 0 spiro atoms. The number of benzene rings is 2. The van der Waals surface area contributed by atoms with Crippen LogP contribution in [0.1, 0.15) is 24.8 Å². The van der Waals surface area contributed by atoms with Crippen molar-refractivity contribution in [2.45, 2.75) is 25.7 Å². The summed E-state index contributed by atoms with van der Waals surface area (Å²) in [4.78, 5) is 12.0. The Bertz CT molecular complexity index is 987. The zero-order valence-electron chi connectivity index (χ0n) is 15.7. The topological polar surface area (TPSA) is 66.5 Å². The maximum absolute atomic E-state index is 13.0. The van der Waals surface area contributed by atoms with Gasteiger partial charge in [0.25, 0.3) is 0 Å². The van der Waals surface area contributed by atoms with Gasteiger partial charge in [0.2, 0.25) is 0 Å². The number of carbonyl (C=O) groups is 1. The fraction of sp³-hybridized carbons (Fsp3) is 0.318. The van der Waals surface area contributed by atoms with Crippen molar-refractivity contribution in [1.82, 2.24) is 4.31 Å². The number of hydrogen-bond acceptors (Lipinski definition) is 3. The average molecular weight is 397 g/mol. The molecule has 0 bridgehead atoms. The molecular formula is C22H24N2O3S. The van der Waals surface area contributed by atoms with Gasteiger partial charge in [-0.3, -0.25) is 9.52 Å². The van der Waals surface area contributed by atoms with Crippen molar-refractivity contribution in [2.75, 3.05) is 17.8 Å². The molecule has 1 fully saturated rings. The summed E-state index contributed by atoms with van der Waals surface area (Å²) < 4.78 is 30.2. The van der Waals surface area contributed by atoms with Crippen LogP contribution < -0.4 is 4.72 Å². The molecule has 28 heavy (non-hydrogen) atoms. The zero-order chi connectivity index (χ0) is 19.6. The highest BCUT2D eigenvalue weighted by Gasteiger charge is 2.44. The standard InChI is InChI=1S/C22H24N2O3S/c25-21-11-13-22(16-18-7-3-1-4-8-18)17-24(14-12-19(22)15-21)28(26,27)23-20-9-5-2-6-10-20/h1-10,12,23H,11,13-17H2. The molecule has 2 aliphatic rings. The number of para-hydroxylation sites is 1. The number of Topliss-reactive ketones (excluding diaryl/α,β-unsaturated/α-hetero) is 1. The van der Waals surface area contributed by atoms with E-state index in [1.54, 1.807) is 24.3 Å². The third kappa shape index (κ3) is 3.88. The van der Waals surface area contributed by atoms with Crippen molar-refractivity contribution in [3.63, 3.8) is 0 Å². The molecule has 4 rings (SSSR count). The minimum Gasteiger partial charge on any atom is -0.299 e. The van der Waals surface area contributed by atoms with Gasteiger partial charge in [-0.2, -0.15) is 12.7 Å². The number of ketones is 1.